The number of nitrogens with one attached hydrogen (secondary N) is 2. The number of β-amino-alcohol motifs (C(OH)–C–C–N with tert-alkyl or cyclic N) is 1. The average Bonchev–Trinajstić information content (AvgIpc) is 3.45. The van der Waals surface area contributed by atoms with Crippen LogP contribution < -0.4 is 16.4 Å². The van der Waals surface area contributed by atoms with Gasteiger partial charge in [-0.25, -0.2) is 4.98 Å². The van der Waals surface area contributed by atoms with Crippen LogP contribution in [0, 0.1) is 18.8 Å². The van der Waals surface area contributed by atoms with E-state index in [4.69, 9.17) is 5.73 Å². The fourth-order valence-corrected chi connectivity index (χ4v) is 5.63. The van der Waals surface area contributed by atoms with Crippen molar-refractivity contribution in [1.82, 2.24) is 20.5 Å². The standard InChI is InChI=1S/C27H39N5O4S/c1-15(2)10-22(31-18(5)33)24(28)16(3)27(36)32-13-21(34)11-23(32)26(35)29-12-19-6-8-20(9-7-19)25-17(4)30-14-37-25/h6-9,14-16,21-24,34H,10-13,28H2,1-5H3,(H,29,35)(H,31,33)/t16-,21+,22-,23-,24?/m0/s1. The van der Waals surface area contributed by atoms with Gasteiger partial charge in [-0.1, -0.05) is 45.0 Å². The van der Waals surface area contributed by atoms with E-state index in [1.165, 1.54) is 11.8 Å². The molecule has 0 radical (unpaired) electrons. The highest BCUT2D eigenvalue weighted by Gasteiger charge is 2.42. The molecule has 0 spiro atoms. The summed E-state index contributed by atoms with van der Waals surface area (Å²) in [6, 6.07) is 6.15. The molecule has 5 N–H and O–H groups in total. The summed E-state index contributed by atoms with van der Waals surface area (Å²) in [5.41, 5.74) is 11.3. The second-order valence-corrected chi connectivity index (χ2v) is 11.2. The lowest BCUT2D eigenvalue weighted by Gasteiger charge is -2.33. The largest absolute Gasteiger partial charge is 0.391 e. The van der Waals surface area contributed by atoms with Gasteiger partial charge in [-0.2, -0.15) is 0 Å². The van der Waals surface area contributed by atoms with Crippen molar-refractivity contribution in [2.24, 2.45) is 17.6 Å². The first-order valence-corrected chi connectivity index (χ1v) is 13.6. The zero-order valence-electron chi connectivity index (χ0n) is 22.2. The van der Waals surface area contributed by atoms with Gasteiger partial charge in [0.1, 0.15) is 6.04 Å². The maximum absolute atomic E-state index is 13.4. The highest BCUT2D eigenvalue weighted by molar-refractivity contribution is 7.13. The Bertz CT molecular complexity index is 1090. The summed E-state index contributed by atoms with van der Waals surface area (Å²) in [5, 5.41) is 16.1. The second-order valence-electron chi connectivity index (χ2n) is 10.4. The van der Waals surface area contributed by atoms with E-state index in [2.05, 4.69) is 15.6 Å². The van der Waals surface area contributed by atoms with Crippen molar-refractivity contribution >= 4 is 29.1 Å². The molecule has 5 atom stereocenters. The van der Waals surface area contributed by atoms with E-state index >= 15 is 0 Å². The van der Waals surface area contributed by atoms with Crippen LogP contribution in [0.5, 0.6) is 0 Å². The quantitative estimate of drug-likeness (QED) is 0.372. The van der Waals surface area contributed by atoms with Gasteiger partial charge in [-0.05, 0) is 30.4 Å². The summed E-state index contributed by atoms with van der Waals surface area (Å²) in [6.07, 6.45) is 0.0168. The van der Waals surface area contributed by atoms with Crippen molar-refractivity contribution < 1.29 is 19.5 Å². The van der Waals surface area contributed by atoms with Gasteiger partial charge in [-0.15, -0.1) is 11.3 Å². The molecule has 1 aromatic carbocycles. The number of benzene rings is 1. The molecule has 9 nitrogen and oxygen atoms in total. The number of aliphatic hydroxyl groups is 1. The molecule has 37 heavy (non-hydrogen) atoms. The first-order valence-electron chi connectivity index (χ1n) is 12.8. The highest BCUT2D eigenvalue weighted by atomic mass is 32.1. The number of carbonyl (C=O) groups is 3. The van der Waals surface area contributed by atoms with E-state index in [1.807, 2.05) is 50.5 Å². The Balaban J connectivity index is 1.64. The number of carbonyl (C=O) groups excluding carboxylic acids is 3. The minimum atomic E-state index is -0.785. The van der Waals surface area contributed by atoms with Gasteiger partial charge in [0.15, 0.2) is 0 Å². The van der Waals surface area contributed by atoms with Gasteiger partial charge in [0, 0.05) is 38.5 Å². The van der Waals surface area contributed by atoms with Crippen LogP contribution in [-0.2, 0) is 20.9 Å². The molecule has 3 amide bonds. The number of aliphatic hydroxyl groups excluding tert-OH is 1. The van der Waals surface area contributed by atoms with E-state index in [0.717, 1.165) is 21.7 Å². The molecule has 1 aliphatic heterocycles. The third kappa shape index (κ3) is 7.37. The van der Waals surface area contributed by atoms with Crippen molar-refractivity contribution in [3.8, 4) is 10.4 Å². The zero-order chi connectivity index (χ0) is 27.3. The SMILES string of the molecule is CC(=O)N[C@@H](CC(C)C)C(N)[C@H](C)C(=O)N1C[C@H](O)C[C@H]1C(=O)NCc1ccc(-c2scnc2C)cc1. The van der Waals surface area contributed by atoms with Gasteiger partial charge < -0.3 is 26.4 Å². The molecule has 1 fully saturated rings. The van der Waals surface area contributed by atoms with Crippen molar-refractivity contribution in [2.75, 3.05) is 6.54 Å². The van der Waals surface area contributed by atoms with Crippen LogP contribution in [0.15, 0.2) is 29.8 Å². The Kier molecular flexibility index (Phi) is 9.80. The van der Waals surface area contributed by atoms with Crippen LogP contribution >= 0.6 is 11.3 Å². The molecular formula is C27H39N5O4S. The first-order chi connectivity index (χ1) is 17.5. The number of rotatable bonds is 10. The molecule has 2 heterocycles. The number of nitrogens with zero attached hydrogens (tertiary/aromatic N) is 2. The topological polar surface area (TPSA) is 138 Å². The van der Waals surface area contributed by atoms with Crippen LogP contribution in [-0.4, -0.2) is 63.5 Å². The minimum Gasteiger partial charge on any atom is -0.391 e. The van der Waals surface area contributed by atoms with E-state index in [9.17, 15) is 19.5 Å². The van der Waals surface area contributed by atoms with Crippen LogP contribution in [0.1, 0.15) is 51.8 Å². The number of hydrogen-bond donors (Lipinski definition) is 4. The Hall–Kier alpha value is -2.82. The van der Waals surface area contributed by atoms with Crippen molar-refractivity contribution in [3.63, 3.8) is 0 Å². The number of hydrogen-bond acceptors (Lipinski definition) is 7. The molecule has 0 bridgehead atoms. The van der Waals surface area contributed by atoms with Crippen molar-refractivity contribution in [3.05, 3.63) is 41.0 Å². The molecule has 2 aromatic rings. The van der Waals surface area contributed by atoms with E-state index in [-0.39, 0.29) is 42.6 Å². The van der Waals surface area contributed by atoms with Crippen LogP contribution in [0.4, 0.5) is 0 Å². The first kappa shape index (κ1) is 28.7. The lowest BCUT2D eigenvalue weighted by molar-refractivity contribution is -0.142. The average molecular weight is 530 g/mol. The summed E-state index contributed by atoms with van der Waals surface area (Å²) < 4.78 is 0. The maximum atomic E-state index is 13.4. The van der Waals surface area contributed by atoms with E-state index < -0.39 is 24.1 Å². The highest BCUT2D eigenvalue weighted by Crippen LogP contribution is 2.27. The fourth-order valence-electron chi connectivity index (χ4n) is 4.82. The zero-order valence-corrected chi connectivity index (χ0v) is 23.0. The lowest BCUT2D eigenvalue weighted by Crippen LogP contribution is -2.56. The summed E-state index contributed by atoms with van der Waals surface area (Å²) >= 11 is 1.59. The van der Waals surface area contributed by atoms with E-state index in [1.54, 1.807) is 18.3 Å². The third-order valence-electron chi connectivity index (χ3n) is 6.84. The third-order valence-corrected chi connectivity index (χ3v) is 7.82. The normalized spacial score (nSPS) is 19.9. The Labute approximate surface area is 222 Å². The molecular weight excluding hydrogens is 490 g/mol. The predicted octanol–water partition coefficient (Wildman–Crippen LogP) is 2.21. The number of nitrogens with two attached hydrogens (primary N) is 1. The Morgan fingerprint density at radius 2 is 1.89 bits per heavy atom. The molecule has 1 aliphatic rings. The molecule has 0 aliphatic carbocycles. The molecule has 3 rings (SSSR count). The van der Waals surface area contributed by atoms with Gasteiger partial charge >= 0.3 is 0 Å². The summed E-state index contributed by atoms with van der Waals surface area (Å²) in [5.74, 6) is -1.18. The number of thiazole rings is 1. The van der Waals surface area contributed by atoms with Crippen LogP contribution in [0.2, 0.25) is 0 Å². The molecule has 1 unspecified atom stereocenters. The summed E-state index contributed by atoms with van der Waals surface area (Å²) in [7, 11) is 0. The van der Waals surface area contributed by atoms with Crippen LogP contribution in [0.25, 0.3) is 10.4 Å². The van der Waals surface area contributed by atoms with Gasteiger partial charge in [0.2, 0.25) is 17.7 Å². The number of likely N-dealkylation sites (tertiary alicyclic amines) is 1. The Morgan fingerprint density at radius 1 is 1.22 bits per heavy atom. The summed E-state index contributed by atoms with van der Waals surface area (Å²) in [6.45, 7) is 9.56. The number of aryl methyl sites for hydroxylation is 1. The number of aromatic nitrogens is 1. The molecule has 202 valence electrons. The second kappa shape index (κ2) is 12.6. The summed E-state index contributed by atoms with van der Waals surface area (Å²) in [4.78, 5) is 45.0. The monoisotopic (exact) mass is 529 g/mol. The Morgan fingerprint density at radius 3 is 2.46 bits per heavy atom. The lowest BCUT2D eigenvalue weighted by atomic mass is 9.89. The van der Waals surface area contributed by atoms with Gasteiger partial charge in [-0.3, -0.25) is 14.4 Å². The van der Waals surface area contributed by atoms with Gasteiger partial charge in [0.25, 0.3) is 0 Å². The molecule has 10 heteroatoms. The molecule has 1 saturated heterocycles. The van der Waals surface area contributed by atoms with Crippen molar-refractivity contribution in [1.29, 1.82) is 0 Å². The van der Waals surface area contributed by atoms with Crippen molar-refractivity contribution in [2.45, 2.75) is 78.2 Å². The minimum absolute atomic E-state index is 0.0753. The number of amides is 3. The smallest absolute Gasteiger partial charge is 0.243 e. The molecule has 1 aromatic heterocycles. The fraction of sp³-hybridized carbons (Fsp3) is 0.556. The maximum Gasteiger partial charge on any atom is 0.243 e. The molecule has 0 saturated carbocycles. The predicted molar refractivity (Wildman–Crippen MR) is 144 cm³/mol. The van der Waals surface area contributed by atoms with E-state index in [0.29, 0.717) is 13.0 Å². The van der Waals surface area contributed by atoms with Gasteiger partial charge in [0.05, 0.1) is 28.1 Å². The van der Waals surface area contributed by atoms with Crippen LogP contribution in [0.3, 0.4) is 0 Å².